The molecule has 0 aliphatic carbocycles. The van der Waals surface area contributed by atoms with E-state index in [-0.39, 0.29) is 11.9 Å². The van der Waals surface area contributed by atoms with E-state index in [1.807, 2.05) is 4.90 Å². The maximum absolute atomic E-state index is 12.9. The fraction of sp³-hybridized carbons (Fsp3) is 0.158. The Morgan fingerprint density at radius 3 is 2.71 bits per heavy atom. The van der Waals surface area contributed by atoms with Gasteiger partial charge in [-0.2, -0.15) is 4.98 Å². The number of nitrogens with zero attached hydrogens (tertiary/aromatic N) is 4. The summed E-state index contributed by atoms with van der Waals surface area (Å²) in [6.45, 7) is 1.22. The van der Waals surface area contributed by atoms with Crippen LogP contribution in [0.4, 0.5) is 22.0 Å². The molecule has 1 saturated heterocycles. The number of anilines is 3. The van der Waals surface area contributed by atoms with Crippen LogP contribution in [0.25, 0.3) is 0 Å². The van der Waals surface area contributed by atoms with Crippen LogP contribution >= 0.6 is 0 Å². The number of aromatic nitrogens is 3. The fourth-order valence-electron chi connectivity index (χ4n) is 2.76. The zero-order chi connectivity index (χ0) is 19.5. The van der Waals surface area contributed by atoms with Crippen molar-refractivity contribution in [1.82, 2.24) is 15.0 Å². The molecule has 0 radical (unpaired) electrons. The Morgan fingerprint density at radius 2 is 1.96 bits per heavy atom. The van der Waals surface area contributed by atoms with E-state index in [0.717, 1.165) is 0 Å². The van der Waals surface area contributed by atoms with Crippen LogP contribution in [-0.2, 0) is 0 Å². The van der Waals surface area contributed by atoms with Gasteiger partial charge in [-0.05, 0) is 42.5 Å². The lowest BCUT2D eigenvalue weighted by Crippen LogP contribution is -2.54. The fourth-order valence-corrected chi connectivity index (χ4v) is 2.76. The average Bonchev–Trinajstić information content (AvgIpc) is 2.66. The molecule has 0 saturated carbocycles. The molecule has 1 aliphatic heterocycles. The molecule has 2 aromatic carbocycles. The quantitative estimate of drug-likeness (QED) is 0.675. The first-order chi connectivity index (χ1) is 13.6. The number of ether oxygens (including phenoxy) is 1. The number of nitrogens with one attached hydrogen (secondary N) is 1. The Kier molecular flexibility index (Phi) is 4.71. The van der Waals surface area contributed by atoms with E-state index in [4.69, 9.17) is 10.5 Å². The van der Waals surface area contributed by atoms with Gasteiger partial charge in [0.2, 0.25) is 17.8 Å². The van der Waals surface area contributed by atoms with E-state index < -0.39 is 5.91 Å². The number of nitrogens with two attached hydrogens (primary N) is 1. The molecule has 3 N–H and O–H groups in total. The predicted octanol–water partition coefficient (Wildman–Crippen LogP) is 2.12. The third kappa shape index (κ3) is 3.98. The Balaban J connectivity index is 1.37. The van der Waals surface area contributed by atoms with Crippen LogP contribution in [0, 0.1) is 5.82 Å². The number of benzene rings is 2. The van der Waals surface area contributed by atoms with Crippen molar-refractivity contribution in [2.45, 2.75) is 6.10 Å². The van der Waals surface area contributed by atoms with Crippen molar-refractivity contribution in [1.29, 1.82) is 0 Å². The highest BCUT2D eigenvalue weighted by molar-refractivity contribution is 5.93. The van der Waals surface area contributed by atoms with Crippen molar-refractivity contribution >= 4 is 23.5 Å². The van der Waals surface area contributed by atoms with E-state index >= 15 is 0 Å². The Hall–Kier alpha value is -3.75. The van der Waals surface area contributed by atoms with Crippen molar-refractivity contribution in [2.24, 2.45) is 5.73 Å². The number of amides is 1. The lowest BCUT2D eigenvalue weighted by Gasteiger charge is -2.38. The topological polar surface area (TPSA) is 106 Å². The zero-order valence-corrected chi connectivity index (χ0v) is 14.7. The molecule has 3 aromatic rings. The number of halogens is 1. The van der Waals surface area contributed by atoms with Crippen molar-refractivity contribution in [2.75, 3.05) is 23.3 Å². The summed E-state index contributed by atoms with van der Waals surface area (Å²) in [5.41, 5.74) is 6.34. The lowest BCUT2D eigenvalue weighted by molar-refractivity contribution is 0.100. The van der Waals surface area contributed by atoms with Crippen LogP contribution in [0.2, 0.25) is 0 Å². The predicted molar refractivity (Wildman–Crippen MR) is 101 cm³/mol. The highest BCUT2D eigenvalue weighted by Crippen LogP contribution is 2.23. The third-order valence-corrected chi connectivity index (χ3v) is 4.21. The van der Waals surface area contributed by atoms with Gasteiger partial charge in [-0.3, -0.25) is 4.79 Å². The van der Waals surface area contributed by atoms with Gasteiger partial charge in [0.25, 0.3) is 0 Å². The Morgan fingerprint density at radius 1 is 1.18 bits per heavy atom. The molecule has 0 bridgehead atoms. The van der Waals surface area contributed by atoms with Gasteiger partial charge >= 0.3 is 0 Å². The largest absolute Gasteiger partial charge is 0.487 e. The van der Waals surface area contributed by atoms with E-state index in [9.17, 15) is 9.18 Å². The van der Waals surface area contributed by atoms with Crippen LogP contribution in [0.5, 0.6) is 5.75 Å². The third-order valence-electron chi connectivity index (χ3n) is 4.21. The first-order valence-electron chi connectivity index (χ1n) is 8.60. The van der Waals surface area contributed by atoms with Crippen molar-refractivity contribution in [3.63, 3.8) is 0 Å². The summed E-state index contributed by atoms with van der Waals surface area (Å²) in [5.74, 6) is 0.692. The van der Waals surface area contributed by atoms with Crippen LogP contribution in [-0.4, -0.2) is 40.1 Å². The van der Waals surface area contributed by atoms with Gasteiger partial charge in [0.05, 0.1) is 13.1 Å². The zero-order valence-electron chi connectivity index (χ0n) is 14.7. The molecule has 1 aromatic heterocycles. The molecule has 0 atom stereocenters. The number of hydrogen-bond donors (Lipinski definition) is 2. The number of hydrogen-bond acceptors (Lipinski definition) is 7. The van der Waals surface area contributed by atoms with Crippen molar-refractivity contribution < 1.29 is 13.9 Å². The molecule has 142 valence electrons. The van der Waals surface area contributed by atoms with Gasteiger partial charge in [0.1, 0.15) is 24.0 Å². The number of carbonyl (C=O) groups excluding carboxylic acids is 1. The monoisotopic (exact) mass is 380 g/mol. The van der Waals surface area contributed by atoms with E-state index in [1.165, 1.54) is 18.5 Å². The van der Waals surface area contributed by atoms with Gasteiger partial charge in [-0.25, -0.2) is 14.4 Å². The second-order valence-electron chi connectivity index (χ2n) is 6.28. The van der Waals surface area contributed by atoms with Gasteiger partial charge in [0, 0.05) is 11.3 Å². The highest BCUT2D eigenvalue weighted by atomic mass is 19.1. The molecular weight excluding hydrogens is 363 g/mol. The Bertz CT molecular complexity index is 992. The van der Waals surface area contributed by atoms with Crippen LogP contribution in [0.1, 0.15) is 10.4 Å². The summed E-state index contributed by atoms with van der Waals surface area (Å²) in [7, 11) is 0. The molecule has 0 spiro atoms. The average molecular weight is 380 g/mol. The van der Waals surface area contributed by atoms with Crippen molar-refractivity contribution in [3.05, 3.63) is 66.2 Å². The lowest BCUT2D eigenvalue weighted by atomic mass is 10.2. The van der Waals surface area contributed by atoms with E-state index in [2.05, 4.69) is 20.3 Å². The van der Waals surface area contributed by atoms with Gasteiger partial charge in [-0.15, -0.1) is 0 Å². The Labute approximate surface area is 160 Å². The van der Waals surface area contributed by atoms with E-state index in [0.29, 0.717) is 42.0 Å². The molecule has 2 heterocycles. The molecule has 1 fully saturated rings. The second-order valence-corrected chi connectivity index (χ2v) is 6.28. The maximum Gasteiger partial charge on any atom is 0.248 e. The molecule has 1 aliphatic rings. The van der Waals surface area contributed by atoms with Crippen molar-refractivity contribution in [3.8, 4) is 5.75 Å². The summed E-state index contributed by atoms with van der Waals surface area (Å²) < 4.78 is 18.7. The summed E-state index contributed by atoms with van der Waals surface area (Å²) >= 11 is 0. The summed E-state index contributed by atoms with van der Waals surface area (Å²) in [4.78, 5) is 25.9. The highest BCUT2D eigenvalue weighted by Gasteiger charge is 2.30. The standard InChI is InChI=1S/C19H17FN6O2/c20-13-4-6-15(7-5-13)28-16-9-26(10-16)19-23-11-22-18(25-19)24-14-3-1-2-12(8-14)17(21)27/h1-8,11,16H,9-10H2,(H2,21,27)(H,22,23,24,25). The second kappa shape index (κ2) is 7.47. The van der Waals surface area contributed by atoms with Gasteiger partial charge in [0.15, 0.2) is 0 Å². The normalized spacial score (nSPS) is 13.7. The summed E-state index contributed by atoms with van der Waals surface area (Å²) in [5, 5.41) is 3.04. The number of carbonyl (C=O) groups is 1. The number of rotatable bonds is 6. The van der Waals surface area contributed by atoms with Crippen LogP contribution in [0.15, 0.2) is 54.9 Å². The summed E-state index contributed by atoms with van der Waals surface area (Å²) in [6.07, 6.45) is 1.39. The minimum absolute atomic E-state index is 0.0223. The molecule has 8 nitrogen and oxygen atoms in total. The van der Waals surface area contributed by atoms with Crippen LogP contribution < -0.4 is 20.7 Å². The van der Waals surface area contributed by atoms with Crippen LogP contribution in [0.3, 0.4) is 0 Å². The smallest absolute Gasteiger partial charge is 0.248 e. The SMILES string of the molecule is NC(=O)c1cccc(Nc2ncnc(N3CC(Oc4ccc(F)cc4)C3)n2)c1. The molecule has 1 amide bonds. The maximum atomic E-state index is 12.9. The van der Waals surface area contributed by atoms with Gasteiger partial charge in [-0.1, -0.05) is 6.07 Å². The first-order valence-corrected chi connectivity index (χ1v) is 8.60. The molecule has 4 rings (SSSR count). The minimum Gasteiger partial charge on any atom is -0.487 e. The molecule has 9 heteroatoms. The number of primary amides is 1. The molecule has 28 heavy (non-hydrogen) atoms. The van der Waals surface area contributed by atoms with Gasteiger partial charge < -0.3 is 20.7 Å². The molecule has 0 unspecified atom stereocenters. The van der Waals surface area contributed by atoms with E-state index in [1.54, 1.807) is 36.4 Å². The first kappa shape index (κ1) is 17.7. The minimum atomic E-state index is -0.507. The molecular formula is C19H17FN6O2. The summed E-state index contributed by atoms with van der Waals surface area (Å²) in [6, 6.07) is 12.7.